The number of benzene rings is 3. The second kappa shape index (κ2) is 8.90. The Morgan fingerprint density at radius 1 is 0.889 bits per heavy atom. The molecular weight excluding hydrogens is 336 g/mol. The zero-order valence-corrected chi connectivity index (χ0v) is 15.7. The molecule has 3 aromatic carbocycles. The van der Waals surface area contributed by atoms with Gasteiger partial charge in [-0.25, -0.2) is 0 Å². The Balaban J connectivity index is 1.55. The number of ether oxygens (including phenoxy) is 1. The Morgan fingerprint density at radius 3 is 2.30 bits per heavy atom. The summed E-state index contributed by atoms with van der Waals surface area (Å²) in [6.07, 6.45) is 0.869. The maximum atomic E-state index is 12.3. The molecule has 2 N–H and O–H groups in total. The Hall–Kier alpha value is -3.27. The molecule has 0 aliphatic rings. The largest absolute Gasteiger partial charge is 0.484 e. The number of rotatable bonds is 7. The summed E-state index contributed by atoms with van der Waals surface area (Å²) in [5, 5.41) is 6.28. The van der Waals surface area contributed by atoms with Gasteiger partial charge in [0.15, 0.2) is 6.61 Å². The van der Waals surface area contributed by atoms with Gasteiger partial charge in [0.25, 0.3) is 5.91 Å². The van der Waals surface area contributed by atoms with Gasteiger partial charge < -0.3 is 15.4 Å². The first-order valence-electron chi connectivity index (χ1n) is 9.09. The van der Waals surface area contributed by atoms with Gasteiger partial charge in [-0.3, -0.25) is 4.79 Å². The summed E-state index contributed by atoms with van der Waals surface area (Å²) in [6, 6.07) is 23.5. The van der Waals surface area contributed by atoms with Gasteiger partial charge in [-0.15, -0.1) is 0 Å². The second-order valence-electron chi connectivity index (χ2n) is 6.31. The van der Waals surface area contributed by atoms with Crippen LogP contribution in [0.15, 0.2) is 72.8 Å². The van der Waals surface area contributed by atoms with Gasteiger partial charge in [-0.2, -0.15) is 0 Å². The number of hydrogen-bond donors (Lipinski definition) is 2. The standard InChI is InChI=1S/C23H24N2O2/c1-3-18-9-7-8-17(2)23(18)25-22(26)16-27-21-14-12-20(13-15-21)24-19-10-5-4-6-11-19/h4-15,24H,3,16H2,1-2H3,(H,25,26). The van der Waals surface area contributed by atoms with Gasteiger partial charge in [-0.1, -0.05) is 43.3 Å². The van der Waals surface area contributed by atoms with Gasteiger partial charge >= 0.3 is 0 Å². The summed E-state index contributed by atoms with van der Waals surface area (Å²) in [5.74, 6) is 0.495. The minimum Gasteiger partial charge on any atom is -0.484 e. The lowest BCUT2D eigenvalue weighted by molar-refractivity contribution is -0.118. The minimum absolute atomic E-state index is 0.0249. The number of anilines is 3. The molecule has 0 heterocycles. The van der Waals surface area contributed by atoms with E-state index in [-0.39, 0.29) is 12.5 Å². The number of carbonyl (C=O) groups is 1. The fraction of sp³-hybridized carbons (Fsp3) is 0.174. The van der Waals surface area contributed by atoms with Crippen LogP contribution in [0.2, 0.25) is 0 Å². The average molecular weight is 360 g/mol. The molecule has 0 radical (unpaired) electrons. The molecule has 27 heavy (non-hydrogen) atoms. The highest BCUT2D eigenvalue weighted by Crippen LogP contribution is 2.22. The first-order valence-corrected chi connectivity index (χ1v) is 9.09. The SMILES string of the molecule is CCc1cccc(C)c1NC(=O)COc1ccc(Nc2ccccc2)cc1. The van der Waals surface area contributed by atoms with Crippen LogP contribution in [0.3, 0.4) is 0 Å². The van der Waals surface area contributed by atoms with Gasteiger partial charge in [0.05, 0.1) is 0 Å². The van der Waals surface area contributed by atoms with Crippen molar-refractivity contribution in [3.05, 3.63) is 83.9 Å². The van der Waals surface area contributed by atoms with Crippen molar-refractivity contribution in [1.29, 1.82) is 0 Å². The zero-order valence-electron chi connectivity index (χ0n) is 15.7. The molecule has 4 nitrogen and oxygen atoms in total. The fourth-order valence-electron chi connectivity index (χ4n) is 2.85. The van der Waals surface area contributed by atoms with Crippen molar-refractivity contribution in [3.63, 3.8) is 0 Å². The third kappa shape index (κ3) is 5.11. The third-order valence-corrected chi connectivity index (χ3v) is 4.29. The van der Waals surface area contributed by atoms with Crippen LogP contribution in [0, 0.1) is 6.92 Å². The van der Waals surface area contributed by atoms with Crippen LogP contribution in [-0.4, -0.2) is 12.5 Å². The molecule has 0 saturated carbocycles. The van der Waals surface area contributed by atoms with Gasteiger partial charge in [0.2, 0.25) is 0 Å². The van der Waals surface area contributed by atoms with Gasteiger partial charge in [0, 0.05) is 17.1 Å². The van der Waals surface area contributed by atoms with E-state index in [2.05, 4.69) is 17.6 Å². The Morgan fingerprint density at radius 2 is 1.59 bits per heavy atom. The van der Waals surface area contributed by atoms with Crippen molar-refractivity contribution in [1.82, 2.24) is 0 Å². The Bertz CT molecular complexity index is 890. The predicted octanol–water partition coefficient (Wildman–Crippen LogP) is 5.32. The van der Waals surface area contributed by atoms with Crippen LogP contribution in [0.4, 0.5) is 17.1 Å². The van der Waals surface area contributed by atoms with E-state index in [0.717, 1.165) is 34.6 Å². The summed E-state index contributed by atoms with van der Waals surface area (Å²) in [7, 11) is 0. The highest BCUT2D eigenvalue weighted by Gasteiger charge is 2.09. The lowest BCUT2D eigenvalue weighted by Crippen LogP contribution is -2.21. The van der Waals surface area contributed by atoms with Crippen molar-refractivity contribution >= 4 is 23.0 Å². The number of hydrogen-bond acceptors (Lipinski definition) is 3. The third-order valence-electron chi connectivity index (χ3n) is 4.29. The van der Waals surface area contributed by atoms with E-state index < -0.39 is 0 Å². The van der Waals surface area contributed by atoms with E-state index in [9.17, 15) is 4.79 Å². The van der Waals surface area contributed by atoms with E-state index >= 15 is 0 Å². The van der Waals surface area contributed by atoms with Crippen LogP contribution in [0.1, 0.15) is 18.1 Å². The Kier molecular flexibility index (Phi) is 6.10. The molecule has 0 aliphatic heterocycles. The molecule has 0 aromatic heterocycles. The Labute approximate surface area is 160 Å². The second-order valence-corrected chi connectivity index (χ2v) is 6.31. The summed E-state index contributed by atoms with van der Waals surface area (Å²) < 4.78 is 5.62. The predicted molar refractivity (Wildman–Crippen MR) is 111 cm³/mol. The van der Waals surface area contributed by atoms with E-state index in [4.69, 9.17) is 4.74 Å². The first-order chi connectivity index (χ1) is 13.2. The number of nitrogens with one attached hydrogen (secondary N) is 2. The molecule has 138 valence electrons. The van der Waals surface area contributed by atoms with Gasteiger partial charge in [-0.05, 0) is 60.9 Å². The fourth-order valence-corrected chi connectivity index (χ4v) is 2.85. The molecule has 0 bridgehead atoms. The highest BCUT2D eigenvalue weighted by molar-refractivity contribution is 5.93. The molecule has 3 rings (SSSR count). The quantitative estimate of drug-likeness (QED) is 0.600. The summed E-state index contributed by atoms with van der Waals surface area (Å²) in [4.78, 5) is 12.3. The van der Waals surface area contributed by atoms with Crippen molar-refractivity contribution in [2.24, 2.45) is 0 Å². The summed E-state index contributed by atoms with van der Waals surface area (Å²) in [5.41, 5.74) is 5.05. The zero-order chi connectivity index (χ0) is 19.1. The van der Waals surface area contributed by atoms with E-state index in [0.29, 0.717) is 5.75 Å². The monoisotopic (exact) mass is 360 g/mol. The lowest BCUT2D eigenvalue weighted by Gasteiger charge is -2.13. The van der Waals surface area contributed by atoms with Crippen molar-refractivity contribution < 1.29 is 9.53 Å². The number of para-hydroxylation sites is 2. The molecule has 3 aromatic rings. The number of aryl methyl sites for hydroxylation is 2. The number of carbonyl (C=O) groups excluding carboxylic acids is 1. The maximum Gasteiger partial charge on any atom is 0.262 e. The average Bonchev–Trinajstić information content (AvgIpc) is 2.70. The lowest BCUT2D eigenvalue weighted by atomic mass is 10.1. The number of amides is 1. The highest BCUT2D eigenvalue weighted by atomic mass is 16.5. The molecule has 0 unspecified atom stereocenters. The molecule has 0 atom stereocenters. The smallest absolute Gasteiger partial charge is 0.262 e. The maximum absolute atomic E-state index is 12.3. The van der Waals surface area contributed by atoms with Crippen LogP contribution < -0.4 is 15.4 Å². The minimum atomic E-state index is -0.162. The van der Waals surface area contributed by atoms with Crippen molar-refractivity contribution in [2.75, 3.05) is 17.2 Å². The van der Waals surface area contributed by atoms with E-state index in [1.54, 1.807) is 0 Å². The summed E-state index contributed by atoms with van der Waals surface area (Å²) in [6.45, 7) is 4.04. The molecule has 4 heteroatoms. The van der Waals surface area contributed by atoms with Crippen LogP contribution >= 0.6 is 0 Å². The van der Waals surface area contributed by atoms with E-state index in [1.807, 2.05) is 79.7 Å². The topological polar surface area (TPSA) is 50.4 Å². The normalized spacial score (nSPS) is 10.3. The van der Waals surface area contributed by atoms with Crippen LogP contribution in [-0.2, 0) is 11.2 Å². The molecule has 0 spiro atoms. The molecule has 0 fully saturated rings. The molecular formula is C23H24N2O2. The van der Waals surface area contributed by atoms with Crippen LogP contribution in [0.25, 0.3) is 0 Å². The van der Waals surface area contributed by atoms with Crippen LogP contribution in [0.5, 0.6) is 5.75 Å². The molecule has 1 amide bonds. The van der Waals surface area contributed by atoms with Crippen molar-refractivity contribution in [3.8, 4) is 5.75 Å². The summed E-state index contributed by atoms with van der Waals surface area (Å²) >= 11 is 0. The van der Waals surface area contributed by atoms with Gasteiger partial charge in [0.1, 0.15) is 5.75 Å². The van der Waals surface area contributed by atoms with E-state index in [1.165, 1.54) is 0 Å². The first kappa shape index (κ1) is 18.5. The molecule has 0 saturated heterocycles. The van der Waals surface area contributed by atoms with Crippen molar-refractivity contribution in [2.45, 2.75) is 20.3 Å². The molecule has 0 aliphatic carbocycles.